The molecule has 2 aromatic rings. The third-order valence-electron chi connectivity index (χ3n) is 3.06. The number of benzene rings is 2. The fourth-order valence-electron chi connectivity index (χ4n) is 2.05. The largest absolute Gasteiger partial charge is 0.342 e. The molecule has 2 aromatic carbocycles. The number of hydrogen-bond acceptors (Lipinski definition) is 2. The van der Waals surface area contributed by atoms with E-state index in [1.54, 1.807) is 43.1 Å². The van der Waals surface area contributed by atoms with E-state index >= 15 is 0 Å². The molecular weight excluding hydrogens is 246 g/mol. The zero-order valence-corrected chi connectivity index (χ0v) is 10.9. The van der Waals surface area contributed by atoms with Gasteiger partial charge in [0.1, 0.15) is 11.6 Å². The van der Waals surface area contributed by atoms with Crippen LogP contribution in [0.1, 0.15) is 18.5 Å². The van der Waals surface area contributed by atoms with E-state index < -0.39 is 0 Å². The van der Waals surface area contributed by atoms with Gasteiger partial charge in [0.05, 0.1) is 5.69 Å². The van der Waals surface area contributed by atoms with Crippen LogP contribution in [0.3, 0.4) is 0 Å². The second-order valence-electron chi connectivity index (χ2n) is 4.50. The number of para-hydroxylation sites is 1. The topological polar surface area (TPSA) is 29.3 Å². The van der Waals surface area contributed by atoms with Gasteiger partial charge in [-0.05, 0) is 42.8 Å². The standard InChI is InChI=1S/C15H16F2N2/c1-10(18)12-9-11(16)7-8-14(12)19(2)15-6-4-3-5-13(15)17/h3-10H,18H2,1-2H3/t10-/m1/s1. The van der Waals surface area contributed by atoms with Crippen molar-refractivity contribution in [2.24, 2.45) is 5.73 Å². The fourth-order valence-corrected chi connectivity index (χ4v) is 2.05. The zero-order chi connectivity index (χ0) is 14.0. The van der Waals surface area contributed by atoms with Crippen LogP contribution >= 0.6 is 0 Å². The summed E-state index contributed by atoms with van der Waals surface area (Å²) in [6.45, 7) is 1.77. The number of anilines is 2. The molecule has 0 radical (unpaired) electrons. The van der Waals surface area contributed by atoms with Gasteiger partial charge in [-0.1, -0.05) is 12.1 Å². The Balaban J connectivity index is 2.50. The highest BCUT2D eigenvalue weighted by Gasteiger charge is 2.15. The number of halogens is 2. The smallest absolute Gasteiger partial charge is 0.146 e. The first-order valence-corrected chi connectivity index (χ1v) is 6.04. The van der Waals surface area contributed by atoms with Crippen LogP contribution in [0.4, 0.5) is 20.2 Å². The van der Waals surface area contributed by atoms with Crippen LogP contribution in [0.25, 0.3) is 0 Å². The Morgan fingerprint density at radius 3 is 2.37 bits per heavy atom. The van der Waals surface area contributed by atoms with Crippen LogP contribution in [0.2, 0.25) is 0 Å². The van der Waals surface area contributed by atoms with Crippen LogP contribution < -0.4 is 10.6 Å². The Morgan fingerprint density at radius 2 is 1.74 bits per heavy atom. The summed E-state index contributed by atoms with van der Waals surface area (Å²) in [5, 5.41) is 0. The molecule has 19 heavy (non-hydrogen) atoms. The SMILES string of the molecule is C[C@@H](N)c1cc(F)ccc1N(C)c1ccccc1F. The Morgan fingerprint density at radius 1 is 1.05 bits per heavy atom. The first-order chi connectivity index (χ1) is 9.00. The molecule has 2 rings (SSSR count). The molecule has 100 valence electrons. The maximum atomic E-state index is 13.8. The van der Waals surface area contributed by atoms with Gasteiger partial charge < -0.3 is 10.6 Å². The van der Waals surface area contributed by atoms with E-state index in [9.17, 15) is 8.78 Å². The molecule has 0 unspecified atom stereocenters. The molecule has 0 bridgehead atoms. The predicted octanol–water partition coefficient (Wildman–Crippen LogP) is 3.75. The third-order valence-corrected chi connectivity index (χ3v) is 3.06. The van der Waals surface area contributed by atoms with E-state index in [4.69, 9.17) is 5.73 Å². The molecule has 0 aromatic heterocycles. The molecule has 0 saturated carbocycles. The van der Waals surface area contributed by atoms with Gasteiger partial charge in [-0.3, -0.25) is 0 Å². The predicted molar refractivity (Wildman–Crippen MR) is 73.5 cm³/mol. The fraction of sp³-hybridized carbons (Fsp3) is 0.200. The minimum absolute atomic E-state index is 0.329. The second-order valence-corrected chi connectivity index (χ2v) is 4.50. The highest BCUT2D eigenvalue weighted by Crippen LogP contribution is 2.31. The van der Waals surface area contributed by atoms with Gasteiger partial charge in [-0.25, -0.2) is 8.78 Å². The Hall–Kier alpha value is -1.94. The normalized spacial score (nSPS) is 12.3. The van der Waals surface area contributed by atoms with Crippen LogP contribution in [0, 0.1) is 11.6 Å². The Kier molecular flexibility index (Phi) is 3.81. The summed E-state index contributed by atoms with van der Waals surface area (Å²) < 4.78 is 27.1. The molecule has 2 N–H and O–H groups in total. The minimum Gasteiger partial charge on any atom is -0.342 e. The second kappa shape index (κ2) is 5.36. The average molecular weight is 262 g/mol. The maximum absolute atomic E-state index is 13.8. The molecule has 0 fully saturated rings. The molecule has 0 heterocycles. The quantitative estimate of drug-likeness (QED) is 0.912. The summed E-state index contributed by atoms with van der Waals surface area (Å²) in [5.74, 6) is -0.678. The van der Waals surface area contributed by atoms with E-state index in [1.165, 1.54) is 18.2 Å². The number of hydrogen-bond donors (Lipinski definition) is 1. The summed E-state index contributed by atoms with van der Waals surface area (Å²) in [6, 6.07) is 10.5. The average Bonchev–Trinajstić information content (AvgIpc) is 2.38. The first-order valence-electron chi connectivity index (χ1n) is 6.04. The van der Waals surface area contributed by atoms with Gasteiger partial charge in [-0.2, -0.15) is 0 Å². The van der Waals surface area contributed by atoms with Gasteiger partial charge in [0.2, 0.25) is 0 Å². The summed E-state index contributed by atoms with van der Waals surface area (Å²) in [4.78, 5) is 1.67. The van der Waals surface area contributed by atoms with Gasteiger partial charge in [-0.15, -0.1) is 0 Å². The van der Waals surface area contributed by atoms with E-state index in [0.717, 1.165) is 0 Å². The molecule has 0 saturated heterocycles. The minimum atomic E-state index is -0.349. The number of nitrogens with zero attached hydrogens (tertiary/aromatic N) is 1. The number of nitrogens with two attached hydrogens (primary N) is 1. The van der Waals surface area contributed by atoms with Crippen LogP contribution in [0.15, 0.2) is 42.5 Å². The van der Waals surface area contributed by atoms with Crippen molar-refractivity contribution in [2.75, 3.05) is 11.9 Å². The monoisotopic (exact) mass is 262 g/mol. The summed E-state index contributed by atoms with van der Waals surface area (Å²) in [5.41, 5.74) is 7.62. The molecular formula is C15H16F2N2. The lowest BCUT2D eigenvalue weighted by Crippen LogP contribution is -2.17. The lowest BCUT2D eigenvalue weighted by atomic mass is 10.1. The zero-order valence-electron chi connectivity index (χ0n) is 10.9. The van der Waals surface area contributed by atoms with Crippen molar-refractivity contribution in [3.8, 4) is 0 Å². The molecule has 0 aliphatic carbocycles. The molecule has 1 atom stereocenters. The molecule has 0 aliphatic rings. The van der Waals surface area contributed by atoms with Crippen molar-refractivity contribution in [3.05, 3.63) is 59.7 Å². The van der Waals surface area contributed by atoms with Gasteiger partial charge >= 0.3 is 0 Å². The van der Waals surface area contributed by atoms with Crippen molar-refractivity contribution < 1.29 is 8.78 Å². The maximum Gasteiger partial charge on any atom is 0.146 e. The van der Waals surface area contributed by atoms with E-state index in [-0.39, 0.29) is 17.7 Å². The first kappa shape index (κ1) is 13.5. The summed E-state index contributed by atoms with van der Waals surface area (Å²) in [7, 11) is 1.73. The lowest BCUT2D eigenvalue weighted by molar-refractivity contribution is 0.621. The summed E-state index contributed by atoms with van der Waals surface area (Å²) in [6.07, 6.45) is 0. The van der Waals surface area contributed by atoms with Gasteiger partial charge in [0.15, 0.2) is 0 Å². The van der Waals surface area contributed by atoms with Crippen LogP contribution in [0.5, 0.6) is 0 Å². The van der Waals surface area contributed by atoms with Crippen LogP contribution in [-0.4, -0.2) is 7.05 Å². The summed E-state index contributed by atoms with van der Waals surface area (Å²) >= 11 is 0. The van der Waals surface area contributed by atoms with Crippen molar-refractivity contribution >= 4 is 11.4 Å². The van der Waals surface area contributed by atoms with Crippen molar-refractivity contribution in [1.29, 1.82) is 0 Å². The molecule has 2 nitrogen and oxygen atoms in total. The molecule has 4 heteroatoms. The molecule has 0 amide bonds. The van der Waals surface area contributed by atoms with E-state index in [2.05, 4.69) is 0 Å². The molecule has 0 aliphatic heterocycles. The number of rotatable bonds is 3. The Bertz CT molecular complexity index is 582. The van der Waals surface area contributed by atoms with E-state index in [0.29, 0.717) is 16.9 Å². The highest BCUT2D eigenvalue weighted by atomic mass is 19.1. The highest BCUT2D eigenvalue weighted by molar-refractivity contribution is 5.66. The van der Waals surface area contributed by atoms with Gasteiger partial charge in [0, 0.05) is 18.8 Å². The van der Waals surface area contributed by atoms with Crippen LogP contribution in [-0.2, 0) is 0 Å². The Labute approximate surface area is 111 Å². The van der Waals surface area contributed by atoms with E-state index in [1.807, 2.05) is 0 Å². The van der Waals surface area contributed by atoms with Gasteiger partial charge in [0.25, 0.3) is 0 Å². The molecule has 0 spiro atoms. The van der Waals surface area contributed by atoms with Crippen molar-refractivity contribution in [2.45, 2.75) is 13.0 Å². The van der Waals surface area contributed by atoms with Crippen molar-refractivity contribution in [3.63, 3.8) is 0 Å². The lowest BCUT2D eigenvalue weighted by Gasteiger charge is -2.24. The third kappa shape index (κ3) is 2.74. The van der Waals surface area contributed by atoms with Crippen molar-refractivity contribution in [1.82, 2.24) is 0 Å².